The molecule has 234 valence electrons. The first kappa shape index (κ1) is 31.4. The number of allylic oxidation sites excluding steroid dienone is 3. The third-order valence-electron chi connectivity index (χ3n) is 9.17. The van der Waals surface area contributed by atoms with Crippen LogP contribution in [-0.4, -0.2) is 55.2 Å². The first-order valence-corrected chi connectivity index (χ1v) is 15.0. The average molecular weight is 611 g/mol. The number of aromatic amines is 2. The molecule has 3 aromatic heterocycles. The number of rotatable bonds is 8. The highest BCUT2D eigenvalue weighted by Crippen LogP contribution is 2.43. The molecule has 2 aliphatic rings. The van der Waals surface area contributed by atoms with Gasteiger partial charge in [-0.25, -0.2) is 9.78 Å². The van der Waals surface area contributed by atoms with E-state index in [1.54, 1.807) is 13.0 Å². The molecule has 5 rings (SSSR count). The first-order valence-electron chi connectivity index (χ1n) is 15.0. The van der Waals surface area contributed by atoms with Gasteiger partial charge in [0.25, 0.3) is 0 Å². The van der Waals surface area contributed by atoms with Crippen LogP contribution in [0.4, 0.5) is 0 Å². The van der Waals surface area contributed by atoms with Crippen molar-refractivity contribution in [1.82, 2.24) is 19.9 Å². The summed E-state index contributed by atoms with van der Waals surface area (Å²) in [5, 5.41) is 20.5. The Hall–Kier alpha value is -4.99. The third kappa shape index (κ3) is 5.56. The molecule has 45 heavy (non-hydrogen) atoms. The van der Waals surface area contributed by atoms with Gasteiger partial charge in [0.05, 0.1) is 41.7 Å². The van der Waals surface area contributed by atoms with Crippen molar-refractivity contribution in [1.29, 1.82) is 0 Å². The van der Waals surface area contributed by atoms with E-state index in [1.807, 2.05) is 39.0 Å². The van der Waals surface area contributed by atoms with Gasteiger partial charge in [0, 0.05) is 51.6 Å². The number of aromatic nitrogens is 4. The van der Waals surface area contributed by atoms with E-state index in [2.05, 4.69) is 23.5 Å². The number of carbonyl (C=O) groups is 3. The highest BCUT2D eigenvalue weighted by atomic mass is 16.5. The number of carbonyl (C=O) groups excluding carboxylic acids is 1. The van der Waals surface area contributed by atoms with Crippen molar-refractivity contribution in [2.75, 3.05) is 7.11 Å². The number of methoxy groups -OCH3 is 1. The first-order chi connectivity index (χ1) is 21.4. The Balaban J connectivity index is 2.02. The van der Waals surface area contributed by atoms with Crippen LogP contribution in [0.25, 0.3) is 33.2 Å². The van der Waals surface area contributed by atoms with Crippen LogP contribution in [0.5, 0.6) is 0 Å². The minimum Gasteiger partial charge on any atom is -0.481 e. The summed E-state index contributed by atoms with van der Waals surface area (Å²) in [6.07, 6.45) is 2.48. The molecule has 8 bridgehead atoms. The number of nitrogens with zero attached hydrogens (tertiary/aromatic N) is 2. The monoisotopic (exact) mass is 610 g/mol. The summed E-state index contributed by atoms with van der Waals surface area (Å²) in [5.74, 6) is -3.31. The van der Waals surface area contributed by atoms with Crippen LogP contribution in [0.15, 0.2) is 30.9 Å². The van der Waals surface area contributed by atoms with Crippen LogP contribution in [0.2, 0.25) is 0 Å². The topological polar surface area (TPSA) is 158 Å². The Kier molecular flexibility index (Phi) is 8.51. The maximum atomic E-state index is 12.7. The highest BCUT2D eigenvalue weighted by Gasteiger charge is 2.34. The van der Waals surface area contributed by atoms with E-state index < -0.39 is 24.3 Å². The second kappa shape index (κ2) is 12.2. The number of hydrogen-bond donors (Lipinski definition) is 4. The molecular weight excluding hydrogens is 572 g/mol. The summed E-state index contributed by atoms with van der Waals surface area (Å²) in [6, 6.07) is 5.78. The number of carboxylic acids is 2. The summed E-state index contributed by atoms with van der Waals surface area (Å²) in [6.45, 7) is 13.8. The maximum Gasteiger partial charge on any atom is 0.338 e. The van der Waals surface area contributed by atoms with Crippen molar-refractivity contribution >= 4 is 51.1 Å². The lowest BCUT2D eigenvalue weighted by Crippen LogP contribution is -2.12. The minimum absolute atomic E-state index is 0.0113. The van der Waals surface area contributed by atoms with Crippen molar-refractivity contribution in [3.05, 3.63) is 81.4 Å². The SMILES string of the molecule is C=CC1=C(C)c2cc3nc(c(CC(=O)O)c4[nH]c(cc5[nH]c(cc1n2)c(C)c5CC)c(C)c4C(=O)O)[C@@H](CCC(=O)OC)[C@@H]3C. The zero-order valence-corrected chi connectivity index (χ0v) is 26.4. The highest BCUT2D eigenvalue weighted by molar-refractivity contribution is 6.02. The number of aliphatic carboxylic acids is 1. The summed E-state index contributed by atoms with van der Waals surface area (Å²) < 4.78 is 4.90. The van der Waals surface area contributed by atoms with E-state index in [1.165, 1.54) is 7.11 Å². The Morgan fingerprint density at radius 2 is 1.69 bits per heavy atom. The van der Waals surface area contributed by atoms with Crippen molar-refractivity contribution < 1.29 is 29.3 Å². The maximum absolute atomic E-state index is 12.7. The van der Waals surface area contributed by atoms with Crippen LogP contribution >= 0.6 is 0 Å². The van der Waals surface area contributed by atoms with Crippen LogP contribution in [0.1, 0.15) is 101 Å². The van der Waals surface area contributed by atoms with Crippen molar-refractivity contribution in [2.24, 2.45) is 0 Å². The summed E-state index contributed by atoms with van der Waals surface area (Å²) in [5.41, 5.74) is 9.67. The molecule has 5 heterocycles. The van der Waals surface area contributed by atoms with Gasteiger partial charge in [-0.3, -0.25) is 14.6 Å². The number of aryl methyl sites for hydroxylation is 3. The lowest BCUT2D eigenvalue weighted by atomic mass is 9.85. The molecule has 0 saturated heterocycles. The number of fused-ring (bicyclic) bond motifs is 8. The van der Waals surface area contributed by atoms with Gasteiger partial charge in [0.15, 0.2) is 0 Å². The minimum atomic E-state index is -1.18. The molecule has 0 radical (unpaired) electrons. The number of hydrogen-bond acceptors (Lipinski definition) is 6. The molecule has 0 fully saturated rings. The van der Waals surface area contributed by atoms with Gasteiger partial charge in [-0.1, -0.05) is 26.5 Å². The average Bonchev–Trinajstić information content (AvgIpc) is 3.67. The molecule has 0 aliphatic carbocycles. The molecular formula is C35H38N4O6. The summed E-state index contributed by atoms with van der Waals surface area (Å²) >= 11 is 0. The predicted molar refractivity (Wildman–Crippen MR) is 173 cm³/mol. The number of H-pyrrole nitrogens is 2. The van der Waals surface area contributed by atoms with E-state index in [0.29, 0.717) is 34.6 Å². The Morgan fingerprint density at radius 1 is 0.978 bits per heavy atom. The molecule has 0 spiro atoms. The number of carboxylic acid groups (broad SMARTS) is 2. The molecule has 10 nitrogen and oxygen atoms in total. The molecule has 4 N–H and O–H groups in total. The number of nitrogens with one attached hydrogen (secondary N) is 2. The lowest BCUT2D eigenvalue weighted by Gasteiger charge is -2.17. The van der Waals surface area contributed by atoms with Gasteiger partial charge in [-0.2, -0.15) is 0 Å². The van der Waals surface area contributed by atoms with E-state index in [4.69, 9.17) is 14.7 Å². The fraction of sp³-hybridized carbons (Fsp3) is 0.343. The van der Waals surface area contributed by atoms with E-state index in [0.717, 1.165) is 45.4 Å². The molecule has 0 aromatic carbocycles. The fourth-order valence-electron chi connectivity index (χ4n) is 6.63. The zero-order valence-electron chi connectivity index (χ0n) is 26.4. The Labute approximate surface area is 260 Å². The fourth-order valence-corrected chi connectivity index (χ4v) is 6.63. The molecule has 0 saturated carbocycles. The third-order valence-corrected chi connectivity index (χ3v) is 9.17. The second-order valence-electron chi connectivity index (χ2n) is 11.7. The van der Waals surface area contributed by atoms with Gasteiger partial charge < -0.3 is 24.9 Å². The smallest absolute Gasteiger partial charge is 0.338 e. The normalized spacial score (nSPS) is 16.1. The van der Waals surface area contributed by atoms with Crippen molar-refractivity contribution in [3.8, 4) is 0 Å². The van der Waals surface area contributed by atoms with E-state index in [-0.39, 0.29) is 34.9 Å². The van der Waals surface area contributed by atoms with Gasteiger partial charge in [-0.15, -0.1) is 0 Å². The second-order valence-corrected chi connectivity index (χ2v) is 11.7. The molecule has 0 unspecified atom stereocenters. The molecule has 0 amide bonds. The van der Waals surface area contributed by atoms with Crippen molar-refractivity contribution in [3.63, 3.8) is 0 Å². The summed E-state index contributed by atoms with van der Waals surface area (Å²) in [7, 11) is 1.32. The molecule has 2 aliphatic heterocycles. The Morgan fingerprint density at radius 3 is 2.31 bits per heavy atom. The van der Waals surface area contributed by atoms with Crippen molar-refractivity contribution in [2.45, 2.75) is 72.1 Å². The molecule has 2 atom stereocenters. The number of esters is 1. The lowest BCUT2D eigenvalue weighted by molar-refractivity contribution is -0.141. The van der Waals surface area contributed by atoms with Gasteiger partial charge in [-0.05, 0) is 74.1 Å². The predicted octanol–water partition coefficient (Wildman–Crippen LogP) is 6.78. The van der Waals surface area contributed by atoms with E-state index in [9.17, 15) is 24.6 Å². The zero-order chi connectivity index (χ0) is 32.7. The number of aromatic carboxylic acids is 1. The van der Waals surface area contributed by atoms with Crippen LogP contribution in [0.3, 0.4) is 0 Å². The number of ether oxygens (including phenoxy) is 1. The van der Waals surface area contributed by atoms with Crippen LogP contribution < -0.4 is 0 Å². The standard InChI is InChI=1S/C35H38N4O6/c1-8-20-16(3)24-13-26-18(5)22(10-11-31(42)45-7)33(38-26)23(12-30(40)41)34-32(35(43)44)19(6)27(39-34)15-29-21(9-2)17(4)25(37-29)14-28(20)36-24/h8,13-15,18,22,37,39H,1,9-12H2,2-7H3,(H,40,41)(H,43,44)/t18-,22-/m0/s1. The largest absolute Gasteiger partial charge is 0.481 e. The van der Waals surface area contributed by atoms with Gasteiger partial charge in [0.2, 0.25) is 0 Å². The Bertz CT molecular complexity index is 1960. The molecule has 10 heteroatoms. The van der Waals surface area contributed by atoms with E-state index >= 15 is 0 Å². The van der Waals surface area contributed by atoms with Crippen LogP contribution in [0, 0.1) is 13.8 Å². The quantitative estimate of drug-likeness (QED) is 0.203. The summed E-state index contributed by atoms with van der Waals surface area (Å²) in [4.78, 5) is 54.0. The van der Waals surface area contributed by atoms with Crippen LogP contribution in [-0.2, 0) is 27.2 Å². The van der Waals surface area contributed by atoms with Gasteiger partial charge in [0.1, 0.15) is 0 Å². The molecule has 3 aromatic rings. The van der Waals surface area contributed by atoms with Gasteiger partial charge >= 0.3 is 17.9 Å².